The van der Waals surface area contributed by atoms with Crippen molar-refractivity contribution in [2.24, 2.45) is 29.6 Å². The Kier molecular flexibility index (Phi) is 5.79. The van der Waals surface area contributed by atoms with Crippen LogP contribution >= 0.6 is 23.2 Å². The van der Waals surface area contributed by atoms with Crippen molar-refractivity contribution < 1.29 is 23.9 Å². The molecule has 170 valence electrons. The zero-order chi connectivity index (χ0) is 22.6. The van der Waals surface area contributed by atoms with E-state index in [0.717, 1.165) is 19.3 Å². The maximum absolute atomic E-state index is 13.0. The minimum Gasteiger partial charge on any atom is -0.457 e. The van der Waals surface area contributed by atoms with Gasteiger partial charge >= 0.3 is 5.97 Å². The SMILES string of the molecule is O=C(COC(=O)C1CCC(N2C(=O)[C@@H]3[C@H]4CC[C@@H](C4)[C@@H]3C2=O)CC1)c1ccc(Cl)cc1Cl. The molecule has 8 heteroatoms. The first kappa shape index (κ1) is 21.9. The number of nitrogens with zero attached hydrogens (tertiary/aromatic N) is 1. The Morgan fingerprint density at radius 3 is 2.16 bits per heavy atom. The number of ether oxygens (including phenoxy) is 1. The number of esters is 1. The van der Waals surface area contributed by atoms with Crippen LogP contribution in [0.15, 0.2) is 18.2 Å². The Labute approximate surface area is 196 Å². The highest BCUT2D eigenvalue weighted by molar-refractivity contribution is 6.36. The summed E-state index contributed by atoms with van der Waals surface area (Å²) in [6.07, 6.45) is 5.44. The van der Waals surface area contributed by atoms with E-state index < -0.39 is 5.97 Å². The molecule has 1 aromatic rings. The van der Waals surface area contributed by atoms with Crippen molar-refractivity contribution in [1.82, 2.24) is 4.90 Å². The summed E-state index contributed by atoms with van der Waals surface area (Å²) >= 11 is 11.9. The summed E-state index contributed by atoms with van der Waals surface area (Å²) in [5.74, 6) is -0.548. The summed E-state index contributed by atoms with van der Waals surface area (Å²) in [7, 11) is 0. The van der Waals surface area contributed by atoms with E-state index in [-0.39, 0.29) is 58.6 Å². The Morgan fingerprint density at radius 2 is 1.56 bits per heavy atom. The van der Waals surface area contributed by atoms with Crippen LogP contribution in [-0.4, -0.2) is 41.1 Å². The molecule has 0 spiro atoms. The molecule has 6 nitrogen and oxygen atoms in total. The van der Waals surface area contributed by atoms with E-state index in [0.29, 0.717) is 42.5 Å². The van der Waals surface area contributed by atoms with Gasteiger partial charge in [0.25, 0.3) is 0 Å². The first-order valence-electron chi connectivity index (χ1n) is 11.4. The molecular formula is C24H25Cl2NO5. The second kappa shape index (κ2) is 8.45. The lowest BCUT2D eigenvalue weighted by atomic mass is 9.81. The van der Waals surface area contributed by atoms with Gasteiger partial charge in [-0.1, -0.05) is 23.2 Å². The van der Waals surface area contributed by atoms with E-state index in [1.807, 2.05) is 0 Å². The summed E-state index contributed by atoms with van der Waals surface area (Å²) in [4.78, 5) is 52.4. The molecule has 5 rings (SSSR count). The molecule has 2 bridgehead atoms. The van der Waals surface area contributed by atoms with E-state index in [2.05, 4.69) is 0 Å². The van der Waals surface area contributed by atoms with Crippen LogP contribution in [0.4, 0.5) is 0 Å². The van der Waals surface area contributed by atoms with Gasteiger partial charge in [-0.05, 0) is 75.0 Å². The minimum absolute atomic E-state index is 0.0173. The molecule has 32 heavy (non-hydrogen) atoms. The third-order valence-electron chi connectivity index (χ3n) is 7.93. The quantitative estimate of drug-likeness (QED) is 0.358. The predicted octanol–water partition coefficient (Wildman–Crippen LogP) is 4.31. The fourth-order valence-electron chi connectivity index (χ4n) is 6.41. The topological polar surface area (TPSA) is 80.8 Å². The summed E-state index contributed by atoms with van der Waals surface area (Å²) in [6.45, 7) is -0.380. The lowest BCUT2D eigenvalue weighted by molar-refractivity contribution is -0.149. The maximum atomic E-state index is 13.0. The fourth-order valence-corrected chi connectivity index (χ4v) is 6.92. The number of ketones is 1. The monoisotopic (exact) mass is 477 g/mol. The van der Waals surface area contributed by atoms with E-state index in [4.69, 9.17) is 27.9 Å². The largest absolute Gasteiger partial charge is 0.457 e. The Bertz CT molecular complexity index is 959. The second-order valence-electron chi connectivity index (χ2n) is 9.59. The molecular weight excluding hydrogens is 453 g/mol. The van der Waals surface area contributed by atoms with Crippen LogP contribution in [0.1, 0.15) is 55.3 Å². The van der Waals surface area contributed by atoms with Gasteiger partial charge in [0.1, 0.15) is 0 Å². The van der Waals surface area contributed by atoms with Crippen LogP contribution in [-0.2, 0) is 19.1 Å². The van der Waals surface area contributed by atoms with E-state index in [1.54, 1.807) is 6.07 Å². The zero-order valence-electron chi connectivity index (χ0n) is 17.6. The Hall–Kier alpha value is -1.92. The lowest BCUT2D eigenvalue weighted by Gasteiger charge is -2.33. The summed E-state index contributed by atoms with van der Waals surface area (Å²) < 4.78 is 5.26. The summed E-state index contributed by atoms with van der Waals surface area (Å²) in [5, 5.41) is 0.642. The van der Waals surface area contributed by atoms with Gasteiger partial charge in [0.15, 0.2) is 6.61 Å². The first-order chi connectivity index (χ1) is 15.3. The van der Waals surface area contributed by atoms with E-state index in [1.165, 1.54) is 17.0 Å². The molecule has 2 amide bonds. The average molecular weight is 478 g/mol. The molecule has 0 unspecified atom stereocenters. The summed E-state index contributed by atoms with van der Waals surface area (Å²) in [6, 6.07) is 4.42. The van der Waals surface area contributed by atoms with Crippen molar-refractivity contribution in [3.05, 3.63) is 33.8 Å². The molecule has 0 N–H and O–H groups in total. The molecule has 0 aromatic heterocycles. The molecule has 1 aromatic carbocycles. The van der Waals surface area contributed by atoms with Crippen LogP contribution < -0.4 is 0 Å². The third kappa shape index (κ3) is 3.65. The number of imide groups is 1. The van der Waals surface area contributed by atoms with Crippen LogP contribution in [0.3, 0.4) is 0 Å². The molecule has 3 aliphatic carbocycles. The van der Waals surface area contributed by atoms with Crippen LogP contribution in [0, 0.1) is 29.6 Å². The Morgan fingerprint density at radius 1 is 0.938 bits per heavy atom. The Balaban J connectivity index is 1.14. The first-order valence-corrected chi connectivity index (χ1v) is 12.1. The van der Waals surface area contributed by atoms with Crippen LogP contribution in [0.5, 0.6) is 0 Å². The molecule has 4 fully saturated rings. The lowest BCUT2D eigenvalue weighted by Crippen LogP contribution is -2.44. The smallest absolute Gasteiger partial charge is 0.309 e. The molecule has 4 aliphatic rings. The van der Waals surface area contributed by atoms with Gasteiger partial charge in [0.05, 0.1) is 22.8 Å². The maximum Gasteiger partial charge on any atom is 0.309 e. The highest BCUT2D eigenvalue weighted by atomic mass is 35.5. The number of carbonyl (C=O) groups excluding carboxylic acids is 4. The highest BCUT2D eigenvalue weighted by Crippen LogP contribution is 2.56. The minimum atomic E-state index is -0.420. The van der Waals surface area contributed by atoms with Crippen molar-refractivity contribution in [2.45, 2.75) is 51.0 Å². The number of hydrogen-bond acceptors (Lipinski definition) is 5. The number of fused-ring (bicyclic) bond motifs is 5. The van der Waals surface area contributed by atoms with Gasteiger partial charge in [0, 0.05) is 16.6 Å². The van der Waals surface area contributed by atoms with Crippen molar-refractivity contribution in [2.75, 3.05) is 6.61 Å². The van der Waals surface area contributed by atoms with Gasteiger partial charge in [0.2, 0.25) is 17.6 Å². The number of amides is 2. The normalized spacial score (nSPS) is 33.5. The standard InChI is InChI=1S/C24H25Cl2NO5/c25-15-5-8-17(18(26)10-15)19(28)11-32-24(31)12-3-6-16(7-4-12)27-22(29)20-13-1-2-14(9-13)21(20)23(27)30/h5,8,10,12-14,16,20-21H,1-4,6-7,9,11H2/t12?,13-,14-,16?,20-,21+/m0/s1. The average Bonchev–Trinajstić information content (AvgIpc) is 3.46. The number of rotatable bonds is 5. The third-order valence-corrected chi connectivity index (χ3v) is 8.48. The molecule has 3 saturated carbocycles. The second-order valence-corrected chi connectivity index (χ2v) is 10.4. The van der Waals surface area contributed by atoms with Gasteiger partial charge in [-0.2, -0.15) is 0 Å². The number of carbonyl (C=O) groups is 4. The zero-order valence-corrected chi connectivity index (χ0v) is 19.1. The number of hydrogen-bond donors (Lipinski definition) is 0. The number of likely N-dealkylation sites (tertiary alicyclic amines) is 1. The molecule has 0 radical (unpaired) electrons. The van der Waals surface area contributed by atoms with Crippen molar-refractivity contribution in [3.63, 3.8) is 0 Å². The van der Waals surface area contributed by atoms with Crippen LogP contribution in [0.25, 0.3) is 0 Å². The molecule has 1 aliphatic heterocycles. The molecule has 1 saturated heterocycles. The van der Waals surface area contributed by atoms with Crippen LogP contribution in [0.2, 0.25) is 10.0 Å². The molecule has 1 heterocycles. The number of Topliss-reactive ketones (excluding diaryl/α,β-unsaturated/α-hetero) is 1. The van der Waals surface area contributed by atoms with Crippen molar-refractivity contribution in [3.8, 4) is 0 Å². The number of halogens is 2. The van der Waals surface area contributed by atoms with Crippen molar-refractivity contribution >= 4 is 46.8 Å². The fraction of sp³-hybridized carbons (Fsp3) is 0.583. The highest BCUT2D eigenvalue weighted by Gasteiger charge is 2.61. The van der Waals surface area contributed by atoms with Gasteiger partial charge in [-0.25, -0.2) is 0 Å². The van der Waals surface area contributed by atoms with Gasteiger partial charge in [-0.15, -0.1) is 0 Å². The van der Waals surface area contributed by atoms with Gasteiger partial charge < -0.3 is 4.74 Å². The van der Waals surface area contributed by atoms with E-state index in [9.17, 15) is 19.2 Å². The van der Waals surface area contributed by atoms with Crippen molar-refractivity contribution in [1.29, 1.82) is 0 Å². The molecule has 4 atom stereocenters. The van der Waals surface area contributed by atoms with Gasteiger partial charge in [-0.3, -0.25) is 24.1 Å². The number of benzene rings is 1. The summed E-state index contributed by atoms with van der Waals surface area (Å²) in [5.41, 5.74) is 0.262. The predicted molar refractivity (Wildman–Crippen MR) is 117 cm³/mol. The van der Waals surface area contributed by atoms with E-state index >= 15 is 0 Å².